The summed E-state index contributed by atoms with van der Waals surface area (Å²) in [5.74, 6) is 2.67. The summed E-state index contributed by atoms with van der Waals surface area (Å²) < 4.78 is 32.3. The average Bonchev–Trinajstić information content (AvgIpc) is 3.74. The van der Waals surface area contributed by atoms with Crippen LogP contribution in [0.25, 0.3) is 11.1 Å². The van der Waals surface area contributed by atoms with Crippen LogP contribution in [0.2, 0.25) is 5.02 Å². The maximum absolute atomic E-state index is 13.3. The number of anilines is 7. The molecule has 2 amide bonds. The second-order valence-electron chi connectivity index (χ2n) is 17.1. The van der Waals surface area contributed by atoms with Gasteiger partial charge in [0.05, 0.1) is 50.8 Å². The van der Waals surface area contributed by atoms with Crippen LogP contribution in [0.4, 0.5) is 40.2 Å². The van der Waals surface area contributed by atoms with E-state index in [-0.39, 0.29) is 11.8 Å². The molecule has 0 aliphatic carbocycles. The van der Waals surface area contributed by atoms with Crippen molar-refractivity contribution in [3.8, 4) is 28.4 Å². The third-order valence-electron chi connectivity index (χ3n) is 12.3. The van der Waals surface area contributed by atoms with Gasteiger partial charge in [0.15, 0.2) is 5.82 Å². The first kappa shape index (κ1) is 45.5. The number of aromatic nitrogens is 4. The van der Waals surface area contributed by atoms with Crippen LogP contribution in [0.3, 0.4) is 0 Å². The molecule has 0 saturated carbocycles. The largest absolute Gasteiger partial charge is 0.497 e. The zero-order valence-corrected chi connectivity index (χ0v) is 39.3. The molecule has 1 unspecified atom stereocenters. The van der Waals surface area contributed by atoms with Crippen molar-refractivity contribution in [3.63, 3.8) is 0 Å². The number of benzene rings is 3. The molecule has 3 aromatic carbocycles. The number of amides is 2. The molecule has 3 aliphatic rings. The lowest BCUT2D eigenvalue weighted by Gasteiger charge is -2.40. The van der Waals surface area contributed by atoms with Gasteiger partial charge in [-0.3, -0.25) is 24.5 Å². The number of nitrogens with one attached hydrogen (secondary N) is 4. The van der Waals surface area contributed by atoms with E-state index in [1.165, 1.54) is 6.20 Å². The van der Waals surface area contributed by atoms with Crippen molar-refractivity contribution >= 4 is 76.1 Å². The van der Waals surface area contributed by atoms with Crippen molar-refractivity contribution in [2.45, 2.75) is 31.7 Å². The number of piperidine rings is 2. The Morgan fingerprint density at radius 3 is 2.26 bits per heavy atom. The van der Waals surface area contributed by atoms with Gasteiger partial charge >= 0.3 is 0 Å². The van der Waals surface area contributed by atoms with Gasteiger partial charge < -0.3 is 44.5 Å². The van der Waals surface area contributed by atoms with Crippen molar-refractivity contribution in [1.82, 2.24) is 30.0 Å². The summed E-state index contributed by atoms with van der Waals surface area (Å²) >= 11 is 6.61. The molecule has 8 rings (SSSR count). The second-order valence-corrected chi connectivity index (χ2v) is 20.7. The van der Waals surface area contributed by atoms with E-state index in [4.69, 9.17) is 30.8 Å². The monoisotopic (exact) mass is 925 g/mol. The van der Waals surface area contributed by atoms with Crippen LogP contribution in [0.1, 0.15) is 25.7 Å². The molecule has 1 atom stereocenters. The number of rotatable bonds is 15. The maximum atomic E-state index is 13.3. The minimum atomic E-state index is -2.70. The predicted octanol–water partition coefficient (Wildman–Crippen LogP) is 6.55. The van der Waals surface area contributed by atoms with Crippen LogP contribution >= 0.6 is 18.7 Å². The number of piperazine rings is 1. The van der Waals surface area contributed by atoms with Crippen LogP contribution in [0.5, 0.6) is 17.2 Å². The molecule has 19 heteroatoms. The third kappa shape index (κ3) is 10.6. The number of aryl methyl sites for hydroxylation is 1. The van der Waals surface area contributed by atoms with Crippen LogP contribution in [0.15, 0.2) is 67.1 Å². The Kier molecular flexibility index (Phi) is 13.7. The molecule has 17 nitrogen and oxygen atoms in total. The Balaban J connectivity index is 0.918. The van der Waals surface area contributed by atoms with Crippen LogP contribution in [-0.2, 0) is 21.2 Å². The Morgan fingerprint density at radius 1 is 0.831 bits per heavy atom. The summed E-state index contributed by atoms with van der Waals surface area (Å²) in [6.45, 7) is 9.92. The lowest BCUT2D eigenvalue weighted by Crippen LogP contribution is -2.49. The molecule has 5 aromatic rings. The van der Waals surface area contributed by atoms with Gasteiger partial charge in [-0.15, -0.1) is 0 Å². The van der Waals surface area contributed by atoms with E-state index in [9.17, 15) is 14.2 Å². The summed E-state index contributed by atoms with van der Waals surface area (Å²) in [5.41, 5.74) is 6.14. The van der Waals surface area contributed by atoms with E-state index in [1.807, 2.05) is 37.6 Å². The lowest BCUT2D eigenvalue weighted by molar-refractivity contribution is -0.133. The second kappa shape index (κ2) is 19.6. The molecule has 5 heterocycles. The topological polar surface area (TPSA) is 180 Å². The van der Waals surface area contributed by atoms with Gasteiger partial charge in [-0.2, -0.15) is 10.1 Å². The highest BCUT2D eigenvalue weighted by Gasteiger charge is 2.29. The van der Waals surface area contributed by atoms with Gasteiger partial charge in [0.25, 0.3) is 0 Å². The Hall–Kier alpha value is -6.03. The number of ether oxygens (including phenoxy) is 3. The van der Waals surface area contributed by atoms with E-state index in [0.717, 1.165) is 92.6 Å². The van der Waals surface area contributed by atoms with Gasteiger partial charge in [-0.05, 0) is 74.9 Å². The van der Waals surface area contributed by atoms with E-state index in [0.29, 0.717) is 63.7 Å². The average molecular weight is 926 g/mol. The molecule has 344 valence electrons. The number of hydrogen-bond donors (Lipinski definition) is 4. The fourth-order valence-electron chi connectivity index (χ4n) is 8.80. The van der Waals surface area contributed by atoms with Crippen molar-refractivity contribution in [1.29, 1.82) is 0 Å². The van der Waals surface area contributed by atoms with Crippen LogP contribution < -0.4 is 50.6 Å². The van der Waals surface area contributed by atoms with E-state index < -0.39 is 13.2 Å². The lowest BCUT2D eigenvalue weighted by atomic mass is 9.94. The van der Waals surface area contributed by atoms with Crippen LogP contribution in [-0.4, -0.2) is 123 Å². The third-order valence-corrected chi connectivity index (χ3v) is 14.1. The fraction of sp³-hybridized carbons (Fsp3) is 0.413. The number of halogens is 1. The van der Waals surface area contributed by atoms with Crippen molar-refractivity contribution in [2.24, 2.45) is 13.0 Å². The summed E-state index contributed by atoms with van der Waals surface area (Å²) in [6.07, 6.45) is 8.30. The smallest absolute Gasteiger partial charge is 0.249 e. The van der Waals surface area contributed by atoms with Crippen LogP contribution in [0, 0.1) is 5.92 Å². The highest BCUT2D eigenvalue weighted by molar-refractivity contribution is 7.70. The number of nitrogens with zero attached hydrogens (tertiary/aromatic N) is 7. The Labute approximate surface area is 384 Å². The molecule has 3 saturated heterocycles. The molecule has 65 heavy (non-hydrogen) atoms. The Bertz CT molecular complexity index is 2590. The quantitative estimate of drug-likeness (QED) is 0.0656. The molecule has 3 aliphatic heterocycles. The van der Waals surface area contributed by atoms with E-state index in [1.54, 1.807) is 57.5 Å². The molecule has 0 radical (unpaired) electrons. The number of imide groups is 1. The number of methoxy groups -OCH3 is 3. The highest BCUT2D eigenvalue weighted by atomic mass is 35.5. The summed E-state index contributed by atoms with van der Waals surface area (Å²) in [6, 6.07) is 15.0. The first-order chi connectivity index (χ1) is 31.3. The zero-order valence-electron chi connectivity index (χ0n) is 37.7. The van der Waals surface area contributed by atoms with Gasteiger partial charge in [-0.25, -0.2) is 4.98 Å². The Morgan fingerprint density at radius 2 is 1.58 bits per heavy atom. The van der Waals surface area contributed by atoms with Gasteiger partial charge in [0, 0.05) is 105 Å². The normalized spacial score (nSPS) is 17.4. The number of carbonyl (C=O) groups is 2. The molecule has 4 N–H and O–H groups in total. The van der Waals surface area contributed by atoms with Crippen molar-refractivity contribution < 1.29 is 28.4 Å². The molecule has 3 fully saturated rings. The summed E-state index contributed by atoms with van der Waals surface area (Å²) in [4.78, 5) is 40.5. The van der Waals surface area contributed by atoms with Gasteiger partial charge in [0.2, 0.25) is 17.8 Å². The summed E-state index contributed by atoms with van der Waals surface area (Å²) in [7, 11) is 4.11. The molecular weight excluding hydrogens is 869 g/mol. The summed E-state index contributed by atoms with van der Waals surface area (Å²) in [5, 5.41) is 17.7. The number of hydrogen-bond acceptors (Lipinski definition) is 15. The van der Waals surface area contributed by atoms with Crippen molar-refractivity contribution in [2.75, 3.05) is 106 Å². The fourth-order valence-corrected chi connectivity index (χ4v) is 10.1. The first-order valence-electron chi connectivity index (χ1n) is 21.8. The SMILES string of the molecule is COc1ccc(Nc2nc(Nc3cc(-c4cnn(C)c4)c(N4CCC(CN5CCN(c6ccc(NC7CCC(=O)NC7=O)cc6OC)CC5)CC4)cc3OC)ncc2Cl)c(P(C)(C)=O)c1. The molecule has 0 bridgehead atoms. The van der Waals surface area contributed by atoms with Gasteiger partial charge in [0.1, 0.15) is 35.5 Å². The predicted molar refractivity (Wildman–Crippen MR) is 257 cm³/mol. The van der Waals surface area contributed by atoms with E-state index >= 15 is 0 Å². The first-order valence-corrected chi connectivity index (χ1v) is 24.8. The highest BCUT2D eigenvalue weighted by Crippen LogP contribution is 2.43. The number of carbonyl (C=O) groups excluding carboxylic acids is 2. The molecular formula is C46H57ClN11O6P. The maximum Gasteiger partial charge on any atom is 0.249 e. The van der Waals surface area contributed by atoms with E-state index in [2.05, 4.69) is 58.2 Å². The minimum Gasteiger partial charge on any atom is -0.497 e. The molecule has 0 spiro atoms. The van der Waals surface area contributed by atoms with Crippen molar-refractivity contribution in [3.05, 3.63) is 72.1 Å². The zero-order chi connectivity index (χ0) is 45.8. The standard InChI is InChI=1S/C46H57ClN11O6P/c1-55-28-30(25-49-55)33-23-37(52-46-48-26-34(47)44(54-46)51-35-9-8-32(62-2)22-42(35)65(5,6)61)40(63-3)24-39(33)57-15-13-29(14-16-57)27-56-17-19-58(20-18-56)38-11-7-31(21-41(38)64-4)50-36-10-12-43(59)53-45(36)60/h7-9,11,21-26,28-29,36,50H,10,12-20,27H2,1-6H3,(H,53,59,60)(H2,48,51,52,54). The van der Waals surface area contributed by atoms with Gasteiger partial charge in [-0.1, -0.05) is 11.6 Å². The minimum absolute atomic E-state index is 0.232. The molecule has 2 aromatic heterocycles.